The molecule has 0 spiro atoms. The van der Waals surface area contributed by atoms with Crippen LogP contribution in [0.1, 0.15) is 78.6 Å². The van der Waals surface area contributed by atoms with Gasteiger partial charge in [0.2, 0.25) is 0 Å². The Balaban J connectivity index is 2.20. The average Bonchev–Trinajstić information content (AvgIpc) is 2.24. The summed E-state index contributed by atoms with van der Waals surface area (Å²) < 4.78 is 0. The summed E-state index contributed by atoms with van der Waals surface area (Å²) in [5, 5.41) is 3.86. The van der Waals surface area contributed by atoms with Gasteiger partial charge in [-0.3, -0.25) is 0 Å². The maximum absolute atomic E-state index is 3.86. The van der Waals surface area contributed by atoms with Crippen molar-refractivity contribution < 1.29 is 0 Å². The Kier molecular flexibility index (Phi) is 7.11. The fourth-order valence-electron chi connectivity index (χ4n) is 2.70. The fourth-order valence-corrected chi connectivity index (χ4v) is 2.70. The van der Waals surface area contributed by atoms with Crippen LogP contribution in [0.25, 0.3) is 0 Å². The van der Waals surface area contributed by atoms with Crippen molar-refractivity contribution >= 4 is 0 Å². The molecule has 96 valence electrons. The first-order valence-corrected chi connectivity index (χ1v) is 7.56. The van der Waals surface area contributed by atoms with Crippen LogP contribution in [0.2, 0.25) is 0 Å². The van der Waals surface area contributed by atoms with E-state index in [4.69, 9.17) is 0 Å². The van der Waals surface area contributed by atoms with Crippen LogP contribution in [-0.4, -0.2) is 12.1 Å². The lowest BCUT2D eigenvalue weighted by Crippen LogP contribution is -2.42. The minimum Gasteiger partial charge on any atom is -0.311 e. The first-order valence-electron chi connectivity index (χ1n) is 7.56. The quantitative estimate of drug-likeness (QED) is 0.608. The van der Waals surface area contributed by atoms with E-state index in [0.29, 0.717) is 0 Å². The predicted octanol–water partition coefficient (Wildman–Crippen LogP) is 4.51. The Morgan fingerprint density at radius 1 is 1.00 bits per heavy atom. The third-order valence-corrected chi connectivity index (χ3v) is 4.29. The second-order valence-electron chi connectivity index (χ2n) is 5.54. The molecule has 0 aromatic rings. The summed E-state index contributed by atoms with van der Waals surface area (Å²) in [7, 11) is 0. The molecule has 1 N–H and O–H groups in total. The highest BCUT2D eigenvalue weighted by Gasteiger charge is 2.20. The van der Waals surface area contributed by atoms with Crippen molar-refractivity contribution in [1.29, 1.82) is 0 Å². The third-order valence-electron chi connectivity index (χ3n) is 4.29. The summed E-state index contributed by atoms with van der Waals surface area (Å²) in [4.78, 5) is 0. The first kappa shape index (κ1) is 14.0. The molecule has 0 amide bonds. The molecular formula is C15H31N. The van der Waals surface area contributed by atoms with Crippen LogP contribution < -0.4 is 5.32 Å². The zero-order chi connectivity index (χ0) is 11.8. The minimum absolute atomic E-state index is 0.802. The van der Waals surface area contributed by atoms with Gasteiger partial charge in [0.1, 0.15) is 0 Å². The molecule has 0 saturated heterocycles. The molecule has 0 aromatic carbocycles. The van der Waals surface area contributed by atoms with Gasteiger partial charge in [-0.05, 0) is 38.0 Å². The standard InChI is InChI=1S/C15H31N/c1-4-8-14(16-15-9-7-10-15)12-11-13(5-2)6-3/h13-16H,4-12H2,1-3H3. The summed E-state index contributed by atoms with van der Waals surface area (Å²) in [6, 6.07) is 1.66. The Hall–Kier alpha value is -0.0400. The molecule has 0 aliphatic heterocycles. The van der Waals surface area contributed by atoms with Crippen molar-refractivity contribution in [2.45, 2.75) is 90.6 Å². The maximum atomic E-state index is 3.86. The fraction of sp³-hybridized carbons (Fsp3) is 1.00. The van der Waals surface area contributed by atoms with Crippen molar-refractivity contribution in [3.8, 4) is 0 Å². The van der Waals surface area contributed by atoms with Crippen molar-refractivity contribution in [3.63, 3.8) is 0 Å². The van der Waals surface area contributed by atoms with Gasteiger partial charge < -0.3 is 5.32 Å². The van der Waals surface area contributed by atoms with E-state index in [1.54, 1.807) is 0 Å². The molecule has 16 heavy (non-hydrogen) atoms. The molecule has 0 heterocycles. The number of hydrogen-bond acceptors (Lipinski definition) is 1. The van der Waals surface area contributed by atoms with E-state index in [1.165, 1.54) is 57.8 Å². The van der Waals surface area contributed by atoms with Crippen molar-refractivity contribution in [1.82, 2.24) is 5.32 Å². The molecule has 1 heteroatoms. The highest BCUT2D eigenvalue weighted by atomic mass is 15.0. The Morgan fingerprint density at radius 3 is 2.12 bits per heavy atom. The summed E-state index contributed by atoms with van der Waals surface area (Å²) in [5.41, 5.74) is 0. The van der Waals surface area contributed by atoms with E-state index in [1.807, 2.05) is 0 Å². The molecule has 1 fully saturated rings. The van der Waals surface area contributed by atoms with Crippen LogP contribution in [0.15, 0.2) is 0 Å². The molecule has 1 aliphatic carbocycles. The lowest BCUT2D eigenvalue weighted by molar-refractivity contribution is 0.274. The van der Waals surface area contributed by atoms with E-state index in [-0.39, 0.29) is 0 Å². The van der Waals surface area contributed by atoms with Gasteiger partial charge in [0, 0.05) is 12.1 Å². The van der Waals surface area contributed by atoms with Crippen molar-refractivity contribution in [2.24, 2.45) is 5.92 Å². The molecule has 1 rings (SSSR count). The van der Waals surface area contributed by atoms with E-state index in [2.05, 4.69) is 26.1 Å². The summed E-state index contributed by atoms with van der Waals surface area (Å²) in [6.07, 6.45) is 12.5. The van der Waals surface area contributed by atoms with Gasteiger partial charge >= 0.3 is 0 Å². The van der Waals surface area contributed by atoms with E-state index < -0.39 is 0 Å². The average molecular weight is 225 g/mol. The van der Waals surface area contributed by atoms with Gasteiger partial charge in [-0.25, -0.2) is 0 Å². The van der Waals surface area contributed by atoms with Gasteiger partial charge in [0.05, 0.1) is 0 Å². The molecule has 1 saturated carbocycles. The maximum Gasteiger partial charge on any atom is 0.00696 e. The van der Waals surface area contributed by atoms with Gasteiger partial charge in [0.25, 0.3) is 0 Å². The van der Waals surface area contributed by atoms with Crippen LogP contribution in [0, 0.1) is 5.92 Å². The van der Waals surface area contributed by atoms with E-state index >= 15 is 0 Å². The van der Waals surface area contributed by atoms with Crippen molar-refractivity contribution in [3.05, 3.63) is 0 Å². The SMILES string of the molecule is CCCC(CCC(CC)CC)NC1CCC1. The number of hydrogen-bond donors (Lipinski definition) is 1. The van der Waals surface area contributed by atoms with Crippen LogP contribution >= 0.6 is 0 Å². The van der Waals surface area contributed by atoms with Crippen LogP contribution in [0.5, 0.6) is 0 Å². The highest BCUT2D eigenvalue weighted by molar-refractivity contribution is 4.81. The van der Waals surface area contributed by atoms with Crippen molar-refractivity contribution in [2.75, 3.05) is 0 Å². The smallest absolute Gasteiger partial charge is 0.00696 e. The zero-order valence-electron chi connectivity index (χ0n) is 11.6. The highest BCUT2D eigenvalue weighted by Crippen LogP contribution is 2.22. The Bertz CT molecular complexity index is 159. The predicted molar refractivity (Wildman–Crippen MR) is 72.8 cm³/mol. The van der Waals surface area contributed by atoms with Gasteiger partial charge in [0.15, 0.2) is 0 Å². The molecular weight excluding hydrogens is 194 g/mol. The monoisotopic (exact) mass is 225 g/mol. The normalized spacial score (nSPS) is 18.8. The minimum atomic E-state index is 0.802. The number of rotatable bonds is 9. The van der Waals surface area contributed by atoms with Gasteiger partial charge in [-0.15, -0.1) is 0 Å². The second kappa shape index (κ2) is 8.11. The lowest BCUT2D eigenvalue weighted by Gasteiger charge is -2.32. The van der Waals surface area contributed by atoms with E-state index in [0.717, 1.165) is 18.0 Å². The molecule has 0 bridgehead atoms. The molecule has 0 aromatic heterocycles. The first-order chi connectivity index (χ1) is 7.80. The molecule has 1 unspecified atom stereocenters. The van der Waals surface area contributed by atoms with Crippen LogP contribution in [0.3, 0.4) is 0 Å². The lowest BCUT2D eigenvalue weighted by atomic mass is 9.89. The Labute approximate surface area is 102 Å². The topological polar surface area (TPSA) is 12.0 Å². The second-order valence-corrected chi connectivity index (χ2v) is 5.54. The van der Waals surface area contributed by atoms with Gasteiger partial charge in [-0.2, -0.15) is 0 Å². The van der Waals surface area contributed by atoms with E-state index in [9.17, 15) is 0 Å². The van der Waals surface area contributed by atoms with Crippen LogP contribution in [-0.2, 0) is 0 Å². The van der Waals surface area contributed by atoms with Gasteiger partial charge in [-0.1, -0.05) is 46.5 Å². The Morgan fingerprint density at radius 2 is 1.69 bits per heavy atom. The molecule has 1 nitrogen and oxygen atoms in total. The number of nitrogens with one attached hydrogen (secondary N) is 1. The molecule has 0 radical (unpaired) electrons. The summed E-state index contributed by atoms with van der Waals surface area (Å²) >= 11 is 0. The largest absolute Gasteiger partial charge is 0.311 e. The zero-order valence-corrected chi connectivity index (χ0v) is 11.6. The molecule has 1 aliphatic rings. The van der Waals surface area contributed by atoms with Crippen LogP contribution in [0.4, 0.5) is 0 Å². The summed E-state index contributed by atoms with van der Waals surface area (Å²) in [6.45, 7) is 6.98. The summed E-state index contributed by atoms with van der Waals surface area (Å²) in [5.74, 6) is 0.961. The molecule has 1 atom stereocenters. The third kappa shape index (κ3) is 4.86.